The summed E-state index contributed by atoms with van der Waals surface area (Å²) < 4.78 is 0. The summed E-state index contributed by atoms with van der Waals surface area (Å²) in [5.41, 5.74) is 3.28. The Bertz CT molecular complexity index is 119. The Morgan fingerprint density at radius 2 is 2.57 bits per heavy atom. The third-order valence-electron chi connectivity index (χ3n) is 0.638. The van der Waals surface area contributed by atoms with E-state index in [1.54, 1.807) is 18.5 Å². The summed E-state index contributed by atoms with van der Waals surface area (Å²) in [7, 11) is 0. The van der Waals surface area contributed by atoms with Gasteiger partial charge in [-0.3, -0.25) is 5.43 Å². The predicted octanol–water partition coefficient (Wildman–Crippen LogP) is 0.448. The van der Waals surface area contributed by atoms with Crippen LogP contribution in [0.3, 0.4) is 0 Å². The molecule has 1 rings (SSSR count). The molecule has 0 fully saturated rings. The van der Waals surface area contributed by atoms with Crippen LogP contribution in [0.2, 0.25) is 0 Å². The van der Waals surface area contributed by atoms with E-state index in [2.05, 4.69) is 10.5 Å². The lowest BCUT2D eigenvalue weighted by Crippen LogP contribution is -1.99. The van der Waals surface area contributed by atoms with Crippen LogP contribution in [-0.2, 0) is 0 Å². The fraction of sp³-hybridized carbons (Fsp3) is 0. The molecular weight excluding hydrogens is 88.1 g/mol. The van der Waals surface area contributed by atoms with Gasteiger partial charge in [0, 0.05) is 6.58 Å². The van der Waals surface area contributed by atoms with E-state index in [1.807, 2.05) is 0 Å². The van der Waals surface area contributed by atoms with Gasteiger partial charge in [-0.1, -0.05) is 0 Å². The normalized spacial score (nSPS) is 16.7. The van der Waals surface area contributed by atoms with Crippen LogP contribution in [0.25, 0.3) is 0 Å². The maximum absolute atomic E-state index is 5.28. The zero-order valence-electron chi connectivity index (χ0n) is 3.76. The lowest BCUT2D eigenvalue weighted by molar-refractivity contribution is 0.965. The molecule has 0 aromatic heterocycles. The van der Waals surface area contributed by atoms with Gasteiger partial charge in [0.2, 0.25) is 5.57 Å². The molecule has 0 saturated carbocycles. The molecule has 2 nitrogen and oxygen atoms in total. The Morgan fingerprint density at radius 1 is 1.71 bits per heavy atom. The minimum absolute atomic E-state index is 0.679. The Balaban J connectivity index is 2.66. The molecule has 0 bridgehead atoms. The van der Waals surface area contributed by atoms with Gasteiger partial charge in [0.15, 0.2) is 6.21 Å². The van der Waals surface area contributed by atoms with Gasteiger partial charge in [0.05, 0.1) is 12.3 Å². The molecule has 0 aromatic carbocycles. The third-order valence-corrected chi connectivity index (χ3v) is 0.638. The molecule has 7 heavy (non-hydrogen) atoms. The highest BCUT2D eigenvalue weighted by Gasteiger charge is 1.95. The van der Waals surface area contributed by atoms with Crippen molar-refractivity contribution in [1.29, 1.82) is 0 Å². The van der Waals surface area contributed by atoms with Crippen LogP contribution in [0.15, 0.2) is 23.0 Å². The second-order valence-corrected chi connectivity index (χ2v) is 1.22. The van der Waals surface area contributed by atoms with Crippen LogP contribution in [0, 0.1) is 6.58 Å². The third kappa shape index (κ3) is 0.845. The first-order valence-electron chi connectivity index (χ1n) is 1.97. The summed E-state index contributed by atoms with van der Waals surface area (Å²) >= 11 is 0. The second kappa shape index (κ2) is 1.54. The lowest BCUT2D eigenvalue weighted by atomic mass is 10.3. The van der Waals surface area contributed by atoms with Crippen LogP contribution in [0.5, 0.6) is 0 Å². The van der Waals surface area contributed by atoms with Crippen LogP contribution in [0.4, 0.5) is 0 Å². The Kier molecular flexibility index (Phi) is 0.886. The summed E-state index contributed by atoms with van der Waals surface area (Å²) in [6.45, 7) is 5.28. The standard InChI is InChI=1S/C5H5N2/c1-5-2-3-6-7-4-5/h1-4,6H/q+1. The van der Waals surface area contributed by atoms with Gasteiger partial charge in [0.25, 0.3) is 0 Å². The smallest absolute Gasteiger partial charge is 0.202 e. The molecule has 1 N–H and O–H groups in total. The highest BCUT2D eigenvalue weighted by atomic mass is 15.3. The Hall–Kier alpha value is -1.14. The molecule has 1 aliphatic rings. The summed E-state index contributed by atoms with van der Waals surface area (Å²) in [5, 5.41) is 3.63. The van der Waals surface area contributed by atoms with Gasteiger partial charge in [-0.2, -0.15) is 0 Å². The van der Waals surface area contributed by atoms with Crippen molar-refractivity contribution in [3.05, 3.63) is 24.4 Å². The van der Waals surface area contributed by atoms with E-state index in [0.29, 0.717) is 5.57 Å². The lowest BCUT2D eigenvalue weighted by Gasteiger charge is -1.86. The molecule has 2 heteroatoms. The molecule has 0 aliphatic carbocycles. The molecule has 0 amide bonds. The molecule has 34 valence electrons. The van der Waals surface area contributed by atoms with Crippen molar-refractivity contribution in [1.82, 2.24) is 5.43 Å². The van der Waals surface area contributed by atoms with Gasteiger partial charge < -0.3 is 0 Å². The highest BCUT2D eigenvalue weighted by Crippen LogP contribution is 1.88. The van der Waals surface area contributed by atoms with Crippen molar-refractivity contribution in [3.8, 4) is 0 Å². The summed E-state index contributed by atoms with van der Waals surface area (Å²) in [5.74, 6) is 0. The number of hydrogen-bond acceptors (Lipinski definition) is 2. The van der Waals surface area contributed by atoms with Crippen molar-refractivity contribution in [3.63, 3.8) is 0 Å². The fourth-order valence-electron chi connectivity index (χ4n) is 0.331. The van der Waals surface area contributed by atoms with Crippen molar-refractivity contribution in [2.75, 3.05) is 0 Å². The maximum atomic E-state index is 5.28. The molecule has 1 aliphatic heterocycles. The number of allylic oxidation sites excluding steroid dienone is 2. The average Bonchev–Trinajstić information content (AvgIpc) is 1.69. The monoisotopic (exact) mass is 93.0 g/mol. The second-order valence-electron chi connectivity index (χ2n) is 1.22. The minimum Gasteiger partial charge on any atom is -0.259 e. The highest BCUT2D eigenvalue weighted by molar-refractivity contribution is 5.81. The first-order valence-corrected chi connectivity index (χ1v) is 1.97. The summed E-state index contributed by atoms with van der Waals surface area (Å²) in [6.07, 6.45) is 4.97. The van der Waals surface area contributed by atoms with E-state index in [0.717, 1.165) is 0 Å². The van der Waals surface area contributed by atoms with Gasteiger partial charge in [0.1, 0.15) is 0 Å². The number of hydrogen-bond donors (Lipinski definition) is 1. The molecule has 0 saturated heterocycles. The maximum Gasteiger partial charge on any atom is 0.202 e. The van der Waals surface area contributed by atoms with E-state index in [9.17, 15) is 0 Å². The zero-order chi connectivity index (χ0) is 5.11. The molecule has 0 atom stereocenters. The van der Waals surface area contributed by atoms with Crippen molar-refractivity contribution in [2.45, 2.75) is 0 Å². The number of nitrogens with one attached hydrogen (secondary N) is 1. The Labute approximate surface area is 42.2 Å². The fourth-order valence-corrected chi connectivity index (χ4v) is 0.331. The van der Waals surface area contributed by atoms with E-state index < -0.39 is 0 Å². The van der Waals surface area contributed by atoms with E-state index in [1.165, 1.54) is 0 Å². The van der Waals surface area contributed by atoms with Crippen molar-refractivity contribution < 1.29 is 0 Å². The first-order chi connectivity index (χ1) is 3.39. The topological polar surface area (TPSA) is 24.4 Å². The van der Waals surface area contributed by atoms with Gasteiger partial charge in [-0.25, -0.2) is 0 Å². The van der Waals surface area contributed by atoms with Crippen molar-refractivity contribution in [2.24, 2.45) is 5.10 Å². The quantitative estimate of drug-likeness (QED) is 0.432. The van der Waals surface area contributed by atoms with E-state index in [4.69, 9.17) is 6.58 Å². The molecular formula is C5H5N2+. The van der Waals surface area contributed by atoms with E-state index >= 15 is 0 Å². The average molecular weight is 93.1 g/mol. The zero-order valence-corrected chi connectivity index (χ0v) is 3.76. The van der Waals surface area contributed by atoms with Gasteiger partial charge in [-0.15, -0.1) is 5.10 Å². The van der Waals surface area contributed by atoms with E-state index in [-0.39, 0.29) is 0 Å². The first kappa shape index (κ1) is 4.03. The predicted molar refractivity (Wildman–Crippen MR) is 28.6 cm³/mol. The molecule has 0 unspecified atom stereocenters. The van der Waals surface area contributed by atoms with Crippen LogP contribution in [0.1, 0.15) is 0 Å². The molecule has 1 heterocycles. The van der Waals surface area contributed by atoms with Crippen LogP contribution >= 0.6 is 0 Å². The minimum atomic E-state index is 0.679. The SMILES string of the molecule is [CH+]=C1C=CNN=C1. The molecule has 0 radical (unpaired) electrons. The Morgan fingerprint density at radius 3 is 2.86 bits per heavy atom. The van der Waals surface area contributed by atoms with Crippen LogP contribution < -0.4 is 5.43 Å². The summed E-state index contributed by atoms with van der Waals surface area (Å²) in [6, 6.07) is 0. The van der Waals surface area contributed by atoms with Crippen molar-refractivity contribution >= 4 is 6.21 Å². The summed E-state index contributed by atoms with van der Waals surface area (Å²) in [4.78, 5) is 0. The number of rotatable bonds is 0. The number of hydrazone groups is 1. The van der Waals surface area contributed by atoms with Crippen LogP contribution in [-0.4, -0.2) is 6.21 Å². The molecule has 0 aromatic rings. The van der Waals surface area contributed by atoms with Gasteiger partial charge >= 0.3 is 0 Å². The van der Waals surface area contributed by atoms with Gasteiger partial charge in [-0.05, 0) is 0 Å². The largest absolute Gasteiger partial charge is 0.259 e. The molecule has 0 spiro atoms. The number of nitrogens with zero attached hydrogens (tertiary/aromatic N) is 1.